The van der Waals surface area contributed by atoms with Crippen molar-refractivity contribution in [3.05, 3.63) is 29.8 Å². The standard InChI is InChI=1S/C10H8F6O2S/c11-10(5-8(10)9(17)18)6-1-3-7(4-2-6)19(12,13,14,15)16/h1-4,8H,5H2,(H,17,18)/t8-,10+/m1/s1. The topological polar surface area (TPSA) is 37.3 Å². The Balaban J connectivity index is 2.35. The van der Waals surface area contributed by atoms with Gasteiger partial charge in [0, 0.05) is 6.42 Å². The van der Waals surface area contributed by atoms with Gasteiger partial charge in [0.2, 0.25) is 0 Å². The summed E-state index contributed by atoms with van der Waals surface area (Å²) in [5, 5.41) is 8.58. The summed E-state index contributed by atoms with van der Waals surface area (Å²) in [5.41, 5.74) is -2.62. The first-order chi connectivity index (χ1) is 8.24. The quantitative estimate of drug-likeness (QED) is 0.828. The van der Waals surface area contributed by atoms with Crippen molar-refractivity contribution < 1.29 is 33.7 Å². The van der Waals surface area contributed by atoms with Crippen LogP contribution in [0.4, 0.5) is 23.8 Å². The van der Waals surface area contributed by atoms with Crippen LogP contribution in [0.1, 0.15) is 12.0 Å². The molecular weight excluding hydrogens is 298 g/mol. The van der Waals surface area contributed by atoms with Crippen LogP contribution < -0.4 is 0 Å². The summed E-state index contributed by atoms with van der Waals surface area (Å²) in [6.45, 7) is 0. The van der Waals surface area contributed by atoms with E-state index in [-0.39, 0.29) is 24.1 Å². The minimum absolute atomic E-state index is 0.0788. The fourth-order valence-corrected chi connectivity index (χ4v) is 2.48. The summed E-state index contributed by atoms with van der Waals surface area (Å²) < 4.78 is 76.0. The van der Waals surface area contributed by atoms with Gasteiger partial charge in [-0.25, -0.2) is 4.39 Å². The van der Waals surface area contributed by atoms with Gasteiger partial charge in [0.25, 0.3) is 0 Å². The van der Waals surface area contributed by atoms with Gasteiger partial charge in [-0.3, -0.25) is 4.79 Å². The van der Waals surface area contributed by atoms with Gasteiger partial charge in [-0.2, -0.15) is 0 Å². The second-order valence-corrected chi connectivity index (χ2v) is 6.86. The Morgan fingerprint density at radius 2 is 1.63 bits per heavy atom. The molecule has 0 aliphatic heterocycles. The zero-order valence-corrected chi connectivity index (χ0v) is 9.94. The van der Waals surface area contributed by atoms with Gasteiger partial charge in [-0.05, 0) is 17.7 Å². The van der Waals surface area contributed by atoms with Crippen molar-refractivity contribution in [1.82, 2.24) is 0 Å². The lowest BCUT2D eigenvalue weighted by Crippen LogP contribution is -2.11. The fourth-order valence-electron chi connectivity index (χ4n) is 1.83. The highest BCUT2D eigenvalue weighted by molar-refractivity contribution is 8.45. The average Bonchev–Trinajstić information content (AvgIpc) is 2.90. The van der Waals surface area contributed by atoms with Gasteiger partial charge in [0.15, 0.2) is 0 Å². The zero-order valence-electron chi connectivity index (χ0n) is 9.13. The lowest BCUT2D eigenvalue weighted by Gasteiger charge is -2.40. The second-order valence-electron chi connectivity index (χ2n) is 4.45. The predicted molar refractivity (Wildman–Crippen MR) is 56.4 cm³/mol. The Bertz CT molecular complexity index is 551. The smallest absolute Gasteiger partial charge is 0.310 e. The number of halogens is 6. The second kappa shape index (κ2) is 3.02. The molecule has 1 N–H and O–H groups in total. The summed E-state index contributed by atoms with van der Waals surface area (Å²) >= 11 is 0. The Morgan fingerprint density at radius 3 is 1.95 bits per heavy atom. The van der Waals surface area contributed by atoms with E-state index in [2.05, 4.69) is 0 Å². The number of aliphatic carboxylic acids is 1. The third kappa shape index (κ3) is 2.51. The minimum Gasteiger partial charge on any atom is -0.481 e. The van der Waals surface area contributed by atoms with Crippen LogP contribution in [0.5, 0.6) is 0 Å². The fraction of sp³-hybridized carbons (Fsp3) is 0.300. The van der Waals surface area contributed by atoms with Gasteiger partial charge < -0.3 is 5.11 Å². The number of alkyl halides is 1. The number of carboxylic acid groups (broad SMARTS) is 1. The third-order valence-corrected chi connectivity index (χ3v) is 4.13. The molecule has 1 aliphatic rings. The molecule has 0 amide bonds. The molecule has 2 atom stereocenters. The molecular formula is C10H8F6O2S. The maximum atomic E-state index is 13.9. The lowest BCUT2D eigenvalue weighted by atomic mass is 10.1. The maximum absolute atomic E-state index is 13.9. The molecule has 0 aromatic heterocycles. The number of hydrogen-bond donors (Lipinski definition) is 1. The highest BCUT2D eigenvalue weighted by atomic mass is 32.5. The Labute approximate surface area is 103 Å². The monoisotopic (exact) mass is 306 g/mol. The number of rotatable bonds is 3. The Hall–Kier alpha value is -1.38. The van der Waals surface area contributed by atoms with Crippen LogP contribution in [-0.4, -0.2) is 11.1 Å². The molecule has 1 aromatic rings. The number of carbonyl (C=O) groups is 1. The molecule has 19 heavy (non-hydrogen) atoms. The molecule has 0 unspecified atom stereocenters. The van der Waals surface area contributed by atoms with Gasteiger partial charge in [0.05, 0.1) is 5.92 Å². The van der Waals surface area contributed by atoms with Crippen LogP contribution in [0.3, 0.4) is 0 Å². The molecule has 0 radical (unpaired) electrons. The summed E-state index contributed by atoms with van der Waals surface area (Å²) in [6, 6.07) is 1.26. The van der Waals surface area contributed by atoms with Crippen molar-refractivity contribution in [2.45, 2.75) is 17.0 Å². The first kappa shape index (κ1) is 14.0. The zero-order chi connectivity index (χ0) is 14.8. The SMILES string of the molecule is O=C(O)[C@H]1C[C@]1(F)c1ccc(S(F)(F)(F)(F)F)cc1. The molecule has 9 heteroatoms. The van der Waals surface area contributed by atoms with Crippen molar-refractivity contribution in [3.8, 4) is 0 Å². The molecule has 0 spiro atoms. The summed E-state index contributed by atoms with van der Waals surface area (Å²) in [4.78, 5) is 8.42. The molecule has 1 fully saturated rings. The molecule has 0 heterocycles. The van der Waals surface area contributed by atoms with Crippen molar-refractivity contribution in [1.29, 1.82) is 0 Å². The van der Waals surface area contributed by atoms with Crippen LogP contribution in [0.25, 0.3) is 0 Å². The summed E-state index contributed by atoms with van der Waals surface area (Å²) in [5.74, 6) is -2.77. The van der Waals surface area contributed by atoms with Gasteiger partial charge in [-0.1, -0.05) is 31.6 Å². The number of benzene rings is 1. The van der Waals surface area contributed by atoms with Crippen LogP contribution in [0.2, 0.25) is 0 Å². The van der Waals surface area contributed by atoms with Crippen molar-refractivity contribution in [2.24, 2.45) is 5.92 Å². The largest absolute Gasteiger partial charge is 0.481 e. The van der Waals surface area contributed by atoms with E-state index in [1.807, 2.05) is 0 Å². The normalized spacial score (nSPS) is 30.3. The van der Waals surface area contributed by atoms with Crippen molar-refractivity contribution >= 4 is 16.2 Å². The minimum atomic E-state index is -9.78. The summed E-state index contributed by atoms with van der Waals surface area (Å²) in [7, 11) is -9.78. The highest BCUT2D eigenvalue weighted by Crippen LogP contribution is 3.02. The Morgan fingerprint density at radius 1 is 1.16 bits per heavy atom. The molecule has 1 saturated carbocycles. The lowest BCUT2D eigenvalue weighted by molar-refractivity contribution is -0.139. The molecule has 0 bridgehead atoms. The predicted octanol–water partition coefficient (Wildman–Crippen LogP) is 4.61. The summed E-state index contributed by atoms with van der Waals surface area (Å²) in [6.07, 6.45) is -0.377. The molecule has 1 aromatic carbocycles. The Kier molecular flexibility index (Phi) is 2.23. The van der Waals surface area contributed by atoms with Gasteiger partial charge >= 0.3 is 16.2 Å². The van der Waals surface area contributed by atoms with E-state index in [1.54, 1.807) is 0 Å². The van der Waals surface area contributed by atoms with Crippen LogP contribution in [-0.2, 0) is 10.5 Å². The third-order valence-electron chi connectivity index (χ3n) is 2.97. The van der Waals surface area contributed by atoms with E-state index in [1.165, 1.54) is 0 Å². The molecule has 2 rings (SSSR count). The number of carboxylic acids is 1. The van der Waals surface area contributed by atoms with Crippen molar-refractivity contribution in [2.75, 3.05) is 0 Å². The maximum Gasteiger partial charge on any atom is 0.310 e. The molecule has 2 nitrogen and oxygen atoms in total. The van der Waals surface area contributed by atoms with E-state index in [0.29, 0.717) is 12.1 Å². The van der Waals surface area contributed by atoms with Crippen LogP contribution in [0, 0.1) is 5.92 Å². The molecule has 0 saturated heterocycles. The molecule has 108 valence electrons. The number of hydrogen-bond acceptors (Lipinski definition) is 1. The molecule has 1 aliphatic carbocycles. The van der Waals surface area contributed by atoms with Gasteiger partial charge in [-0.15, -0.1) is 0 Å². The van der Waals surface area contributed by atoms with E-state index >= 15 is 0 Å². The van der Waals surface area contributed by atoms with E-state index in [4.69, 9.17) is 5.11 Å². The van der Waals surface area contributed by atoms with Gasteiger partial charge in [0.1, 0.15) is 10.6 Å². The first-order valence-corrected chi connectivity index (χ1v) is 6.95. The average molecular weight is 306 g/mol. The van der Waals surface area contributed by atoms with E-state index < -0.39 is 32.7 Å². The van der Waals surface area contributed by atoms with E-state index in [0.717, 1.165) is 0 Å². The van der Waals surface area contributed by atoms with Crippen molar-refractivity contribution in [3.63, 3.8) is 0 Å². The first-order valence-electron chi connectivity index (χ1n) is 5.00. The highest BCUT2D eigenvalue weighted by Gasteiger charge is 2.66. The van der Waals surface area contributed by atoms with Crippen LogP contribution in [0.15, 0.2) is 29.2 Å². The van der Waals surface area contributed by atoms with Crippen LogP contribution >= 0.6 is 10.2 Å². The van der Waals surface area contributed by atoms with E-state index in [9.17, 15) is 28.6 Å².